The molecule has 0 saturated heterocycles. The van der Waals surface area contributed by atoms with E-state index in [1.807, 2.05) is 48.5 Å². The van der Waals surface area contributed by atoms with Gasteiger partial charge in [-0.2, -0.15) is 0 Å². The first-order chi connectivity index (χ1) is 13.0. The fourth-order valence-corrected chi connectivity index (χ4v) is 3.49. The van der Waals surface area contributed by atoms with Gasteiger partial charge in [0.05, 0.1) is 23.2 Å². The van der Waals surface area contributed by atoms with Crippen molar-refractivity contribution in [3.05, 3.63) is 70.5 Å². The van der Waals surface area contributed by atoms with E-state index in [0.29, 0.717) is 35.1 Å². The van der Waals surface area contributed by atoms with Crippen LogP contribution in [0.5, 0.6) is 0 Å². The third kappa shape index (κ3) is 4.98. The number of para-hydroxylation sites is 1. The summed E-state index contributed by atoms with van der Waals surface area (Å²) < 4.78 is 1.65. The minimum Gasteiger partial charge on any atom is -0.355 e. The van der Waals surface area contributed by atoms with Gasteiger partial charge in [0.2, 0.25) is 5.91 Å². The van der Waals surface area contributed by atoms with Crippen molar-refractivity contribution in [2.24, 2.45) is 5.92 Å². The summed E-state index contributed by atoms with van der Waals surface area (Å²) in [6.07, 6.45) is 0. The molecule has 1 heterocycles. The van der Waals surface area contributed by atoms with Crippen molar-refractivity contribution in [2.75, 3.05) is 12.3 Å². The van der Waals surface area contributed by atoms with Gasteiger partial charge in [-0.1, -0.05) is 68.1 Å². The van der Waals surface area contributed by atoms with E-state index >= 15 is 0 Å². The zero-order chi connectivity index (χ0) is 19.2. The van der Waals surface area contributed by atoms with Gasteiger partial charge in [0.15, 0.2) is 5.16 Å². The summed E-state index contributed by atoms with van der Waals surface area (Å²) in [4.78, 5) is 29.8. The number of aromatic nitrogens is 2. The number of thioether (sulfide) groups is 1. The molecule has 0 aliphatic carbocycles. The molecule has 3 rings (SSSR count). The molecule has 1 amide bonds. The lowest BCUT2D eigenvalue weighted by molar-refractivity contribution is -0.118. The van der Waals surface area contributed by atoms with Crippen molar-refractivity contribution in [3.8, 4) is 0 Å². The molecule has 0 unspecified atom stereocenters. The summed E-state index contributed by atoms with van der Waals surface area (Å²) >= 11 is 1.29. The molecule has 0 atom stereocenters. The Labute approximate surface area is 162 Å². The predicted molar refractivity (Wildman–Crippen MR) is 110 cm³/mol. The van der Waals surface area contributed by atoms with Crippen LogP contribution in [0, 0.1) is 5.92 Å². The minimum atomic E-state index is -0.0884. The second-order valence-corrected chi connectivity index (χ2v) is 7.72. The molecule has 0 aliphatic rings. The maximum Gasteiger partial charge on any atom is 0.262 e. The SMILES string of the molecule is CC(C)CNC(=O)CSc1nc2ccccc2c(=O)n1Cc1ccccc1. The molecule has 0 radical (unpaired) electrons. The van der Waals surface area contributed by atoms with Gasteiger partial charge in [-0.25, -0.2) is 4.98 Å². The summed E-state index contributed by atoms with van der Waals surface area (Å²) in [6.45, 7) is 5.17. The lowest BCUT2D eigenvalue weighted by Gasteiger charge is -2.13. The Morgan fingerprint density at radius 2 is 1.81 bits per heavy atom. The van der Waals surface area contributed by atoms with Gasteiger partial charge in [-0.3, -0.25) is 14.2 Å². The Morgan fingerprint density at radius 1 is 1.11 bits per heavy atom. The molecule has 0 spiro atoms. The molecule has 27 heavy (non-hydrogen) atoms. The zero-order valence-corrected chi connectivity index (χ0v) is 16.3. The molecule has 1 N–H and O–H groups in total. The average molecular weight is 382 g/mol. The van der Waals surface area contributed by atoms with Crippen LogP contribution in [-0.2, 0) is 11.3 Å². The van der Waals surface area contributed by atoms with E-state index in [9.17, 15) is 9.59 Å². The lowest BCUT2D eigenvalue weighted by Crippen LogP contribution is -2.29. The maximum absolute atomic E-state index is 13.0. The van der Waals surface area contributed by atoms with Crippen LogP contribution < -0.4 is 10.9 Å². The topological polar surface area (TPSA) is 64.0 Å². The fourth-order valence-electron chi connectivity index (χ4n) is 2.66. The number of nitrogens with zero attached hydrogens (tertiary/aromatic N) is 2. The van der Waals surface area contributed by atoms with Gasteiger partial charge >= 0.3 is 0 Å². The standard InChI is InChI=1S/C21H23N3O2S/c1-15(2)12-22-19(25)14-27-21-23-18-11-7-6-10-17(18)20(26)24(21)13-16-8-4-3-5-9-16/h3-11,15H,12-14H2,1-2H3,(H,22,25). The van der Waals surface area contributed by atoms with Gasteiger partial charge in [-0.05, 0) is 23.6 Å². The molecule has 6 heteroatoms. The van der Waals surface area contributed by atoms with Gasteiger partial charge < -0.3 is 5.32 Å². The third-order valence-electron chi connectivity index (χ3n) is 4.05. The first-order valence-corrected chi connectivity index (χ1v) is 9.96. The van der Waals surface area contributed by atoms with Crippen LogP contribution in [0.3, 0.4) is 0 Å². The number of carbonyl (C=O) groups is 1. The molecule has 0 bridgehead atoms. The average Bonchev–Trinajstić information content (AvgIpc) is 2.68. The van der Waals surface area contributed by atoms with Crippen LogP contribution in [0.25, 0.3) is 10.9 Å². The van der Waals surface area contributed by atoms with Crippen molar-refractivity contribution in [1.82, 2.24) is 14.9 Å². The lowest BCUT2D eigenvalue weighted by atomic mass is 10.2. The summed E-state index contributed by atoms with van der Waals surface area (Å²) in [5.74, 6) is 0.572. The summed E-state index contributed by atoms with van der Waals surface area (Å²) in [5, 5.41) is 4.04. The molecule has 1 aromatic heterocycles. The Morgan fingerprint density at radius 3 is 2.56 bits per heavy atom. The van der Waals surface area contributed by atoms with E-state index in [1.54, 1.807) is 10.6 Å². The highest BCUT2D eigenvalue weighted by Crippen LogP contribution is 2.19. The minimum absolute atomic E-state index is 0.0534. The Kier molecular flexibility index (Phi) is 6.29. The Balaban J connectivity index is 1.91. The van der Waals surface area contributed by atoms with Gasteiger partial charge in [0, 0.05) is 6.54 Å². The highest BCUT2D eigenvalue weighted by Gasteiger charge is 2.13. The van der Waals surface area contributed by atoms with E-state index in [-0.39, 0.29) is 17.2 Å². The van der Waals surface area contributed by atoms with E-state index < -0.39 is 0 Å². The quantitative estimate of drug-likeness (QED) is 0.504. The molecule has 0 fully saturated rings. The molecular formula is C21H23N3O2S. The number of nitrogens with one attached hydrogen (secondary N) is 1. The van der Waals surface area contributed by atoms with Gasteiger partial charge in [0.25, 0.3) is 5.56 Å². The number of fused-ring (bicyclic) bond motifs is 1. The Bertz CT molecular complexity index is 984. The summed E-state index contributed by atoms with van der Waals surface area (Å²) in [6, 6.07) is 17.1. The Hall–Kier alpha value is -2.60. The van der Waals surface area contributed by atoms with Crippen LogP contribution in [0.4, 0.5) is 0 Å². The molecule has 5 nitrogen and oxygen atoms in total. The largest absolute Gasteiger partial charge is 0.355 e. The summed E-state index contributed by atoms with van der Waals surface area (Å²) in [7, 11) is 0. The molecular weight excluding hydrogens is 358 g/mol. The number of hydrogen-bond donors (Lipinski definition) is 1. The normalized spacial score (nSPS) is 11.1. The summed E-state index contributed by atoms with van der Waals surface area (Å²) in [5.41, 5.74) is 1.58. The molecule has 3 aromatic rings. The number of amides is 1. The first kappa shape index (κ1) is 19.2. The number of benzene rings is 2. The van der Waals surface area contributed by atoms with Crippen molar-refractivity contribution in [1.29, 1.82) is 0 Å². The van der Waals surface area contributed by atoms with Crippen LogP contribution in [-0.4, -0.2) is 27.8 Å². The van der Waals surface area contributed by atoms with Crippen LogP contribution >= 0.6 is 11.8 Å². The van der Waals surface area contributed by atoms with E-state index in [2.05, 4.69) is 24.1 Å². The van der Waals surface area contributed by atoms with Crippen LogP contribution in [0.1, 0.15) is 19.4 Å². The molecule has 0 aliphatic heterocycles. The zero-order valence-electron chi connectivity index (χ0n) is 15.5. The fraction of sp³-hybridized carbons (Fsp3) is 0.286. The van der Waals surface area contributed by atoms with Crippen molar-refractivity contribution in [2.45, 2.75) is 25.5 Å². The highest BCUT2D eigenvalue weighted by molar-refractivity contribution is 7.99. The van der Waals surface area contributed by atoms with E-state index in [0.717, 1.165) is 5.56 Å². The monoisotopic (exact) mass is 381 g/mol. The van der Waals surface area contributed by atoms with E-state index in [4.69, 9.17) is 0 Å². The predicted octanol–water partition coefficient (Wildman–Crippen LogP) is 3.31. The van der Waals surface area contributed by atoms with Gasteiger partial charge in [0.1, 0.15) is 0 Å². The smallest absolute Gasteiger partial charge is 0.262 e. The van der Waals surface area contributed by atoms with E-state index in [1.165, 1.54) is 11.8 Å². The highest BCUT2D eigenvalue weighted by atomic mass is 32.2. The molecule has 2 aromatic carbocycles. The van der Waals surface area contributed by atoms with Gasteiger partial charge in [-0.15, -0.1) is 0 Å². The van der Waals surface area contributed by atoms with Crippen LogP contribution in [0.15, 0.2) is 64.5 Å². The number of carbonyl (C=O) groups excluding carboxylic acids is 1. The first-order valence-electron chi connectivity index (χ1n) is 8.97. The molecule has 0 saturated carbocycles. The van der Waals surface area contributed by atoms with Crippen molar-refractivity contribution >= 4 is 28.6 Å². The molecule has 140 valence electrons. The third-order valence-corrected chi connectivity index (χ3v) is 5.03. The maximum atomic E-state index is 13.0. The second kappa shape index (κ2) is 8.86. The van der Waals surface area contributed by atoms with Crippen molar-refractivity contribution in [3.63, 3.8) is 0 Å². The second-order valence-electron chi connectivity index (χ2n) is 6.78. The number of hydrogen-bond acceptors (Lipinski definition) is 4. The number of rotatable bonds is 7. The van der Waals surface area contributed by atoms with Crippen molar-refractivity contribution < 1.29 is 4.79 Å². The van der Waals surface area contributed by atoms with Crippen LogP contribution in [0.2, 0.25) is 0 Å².